The van der Waals surface area contributed by atoms with Crippen LogP contribution in [0.5, 0.6) is 5.75 Å². The van der Waals surface area contributed by atoms with Gasteiger partial charge in [-0.2, -0.15) is 0 Å². The molecule has 4 nitrogen and oxygen atoms in total. The summed E-state index contributed by atoms with van der Waals surface area (Å²) < 4.78 is 5.20. The lowest BCUT2D eigenvalue weighted by atomic mass is 9.93. The smallest absolute Gasteiger partial charge is 0.193 e. The number of benzene rings is 2. The van der Waals surface area contributed by atoms with E-state index < -0.39 is 5.72 Å². The van der Waals surface area contributed by atoms with E-state index in [0.717, 1.165) is 28.3 Å². The van der Waals surface area contributed by atoms with Gasteiger partial charge in [0.2, 0.25) is 0 Å². The van der Waals surface area contributed by atoms with Crippen molar-refractivity contribution >= 4 is 17.4 Å². The summed E-state index contributed by atoms with van der Waals surface area (Å²) in [6.07, 6.45) is 0. The van der Waals surface area contributed by atoms with Crippen molar-refractivity contribution < 1.29 is 9.84 Å². The molecule has 0 aliphatic carbocycles. The van der Waals surface area contributed by atoms with Crippen molar-refractivity contribution in [3.63, 3.8) is 0 Å². The second-order valence-corrected chi connectivity index (χ2v) is 5.88. The summed E-state index contributed by atoms with van der Waals surface area (Å²) in [6.45, 7) is 1.38. The first-order valence-electron chi connectivity index (χ1n) is 7.14. The van der Waals surface area contributed by atoms with E-state index in [2.05, 4.69) is 4.99 Å². The maximum Gasteiger partial charge on any atom is 0.193 e. The summed E-state index contributed by atoms with van der Waals surface area (Å²) in [5.41, 5.74) is 1.27. The molecule has 1 atom stereocenters. The molecule has 4 rings (SSSR count). The molecule has 0 radical (unpaired) electrons. The van der Waals surface area contributed by atoms with Gasteiger partial charge in [0, 0.05) is 28.3 Å². The Labute approximate surface area is 133 Å². The molecule has 0 saturated carbocycles. The SMILES string of the molecule is COc1ccc(C2(O)c3cc(Cl)ccc3C3=NCCN32)cc1. The van der Waals surface area contributed by atoms with Crippen molar-refractivity contribution in [3.05, 3.63) is 64.2 Å². The molecule has 2 aromatic rings. The minimum absolute atomic E-state index is 0.604. The molecule has 22 heavy (non-hydrogen) atoms. The Morgan fingerprint density at radius 3 is 2.73 bits per heavy atom. The van der Waals surface area contributed by atoms with E-state index in [1.165, 1.54) is 0 Å². The summed E-state index contributed by atoms with van der Waals surface area (Å²) in [5.74, 6) is 1.59. The standard InChI is InChI=1S/C17H15ClN2O2/c1-22-13-5-2-11(3-6-13)17(21)15-10-12(18)4-7-14(15)16-19-8-9-20(16)17/h2-7,10,21H,8-9H2,1H3. The largest absolute Gasteiger partial charge is 0.497 e. The van der Waals surface area contributed by atoms with Gasteiger partial charge >= 0.3 is 0 Å². The van der Waals surface area contributed by atoms with Crippen LogP contribution in [0.25, 0.3) is 0 Å². The van der Waals surface area contributed by atoms with E-state index in [4.69, 9.17) is 16.3 Å². The first-order valence-corrected chi connectivity index (χ1v) is 7.52. The van der Waals surface area contributed by atoms with Gasteiger partial charge in [0.1, 0.15) is 11.6 Å². The van der Waals surface area contributed by atoms with Crippen molar-refractivity contribution in [1.82, 2.24) is 4.90 Å². The van der Waals surface area contributed by atoms with E-state index in [-0.39, 0.29) is 0 Å². The van der Waals surface area contributed by atoms with Crippen LogP contribution in [-0.4, -0.2) is 36.0 Å². The first-order chi connectivity index (χ1) is 10.6. The van der Waals surface area contributed by atoms with Crippen molar-refractivity contribution in [1.29, 1.82) is 0 Å². The van der Waals surface area contributed by atoms with Crippen LogP contribution in [0.1, 0.15) is 16.7 Å². The lowest BCUT2D eigenvalue weighted by molar-refractivity contribution is -0.0242. The molecule has 0 spiro atoms. The quantitative estimate of drug-likeness (QED) is 0.927. The average molecular weight is 315 g/mol. The predicted octanol–water partition coefficient (Wildman–Crippen LogP) is 2.62. The minimum atomic E-state index is -1.23. The van der Waals surface area contributed by atoms with Gasteiger partial charge in [0.15, 0.2) is 5.72 Å². The summed E-state index contributed by atoms with van der Waals surface area (Å²) in [6, 6.07) is 13.0. The van der Waals surface area contributed by atoms with E-state index in [0.29, 0.717) is 18.1 Å². The zero-order chi connectivity index (χ0) is 15.3. The van der Waals surface area contributed by atoms with Gasteiger partial charge in [-0.1, -0.05) is 23.7 Å². The van der Waals surface area contributed by atoms with Crippen LogP contribution in [0.15, 0.2) is 47.5 Å². The highest BCUT2D eigenvalue weighted by Gasteiger charge is 2.49. The number of amidine groups is 1. The van der Waals surface area contributed by atoms with E-state index in [9.17, 15) is 5.11 Å². The fourth-order valence-corrected chi connectivity index (χ4v) is 3.44. The molecule has 112 valence electrons. The van der Waals surface area contributed by atoms with Gasteiger partial charge in [-0.15, -0.1) is 0 Å². The molecular formula is C17H15ClN2O2. The Bertz CT molecular complexity index is 773. The highest BCUT2D eigenvalue weighted by Crippen LogP contribution is 2.44. The van der Waals surface area contributed by atoms with Gasteiger partial charge in [0.05, 0.1) is 13.7 Å². The van der Waals surface area contributed by atoms with Crippen LogP contribution in [-0.2, 0) is 5.72 Å². The Hall–Kier alpha value is -2.04. The van der Waals surface area contributed by atoms with Gasteiger partial charge in [0.25, 0.3) is 0 Å². The van der Waals surface area contributed by atoms with Crippen LogP contribution < -0.4 is 4.74 Å². The second kappa shape index (κ2) is 4.73. The summed E-state index contributed by atoms with van der Waals surface area (Å²) in [4.78, 5) is 6.48. The molecule has 5 heteroatoms. The zero-order valence-electron chi connectivity index (χ0n) is 12.1. The normalized spacial score (nSPS) is 22.3. The molecule has 0 saturated heterocycles. The van der Waals surface area contributed by atoms with E-state index in [1.807, 2.05) is 47.4 Å². The predicted molar refractivity (Wildman–Crippen MR) is 85.6 cm³/mol. The number of methoxy groups -OCH3 is 1. The number of rotatable bonds is 2. The molecule has 2 aliphatic rings. The summed E-state index contributed by atoms with van der Waals surface area (Å²) in [7, 11) is 1.62. The Balaban J connectivity index is 1.93. The number of ether oxygens (including phenoxy) is 1. The molecule has 0 bridgehead atoms. The van der Waals surface area contributed by atoms with Crippen LogP contribution in [0.2, 0.25) is 5.02 Å². The van der Waals surface area contributed by atoms with Crippen molar-refractivity contribution in [2.24, 2.45) is 4.99 Å². The highest BCUT2D eigenvalue weighted by atomic mass is 35.5. The van der Waals surface area contributed by atoms with Crippen LogP contribution in [0.4, 0.5) is 0 Å². The van der Waals surface area contributed by atoms with Gasteiger partial charge in [-0.25, -0.2) is 0 Å². The molecule has 0 aromatic heterocycles. The third kappa shape index (κ3) is 1.71. The maximum atomic E-state index is 11.5. The molecule has 1 N–H and O–H groups in total. The Morgan fingerprint density at radius 2 is 2.00 bits per heavy atom. The molecule has 2 aliphatic heterocycles. The average Bonchev–Trinajstić information content (AvgIpc) is 3.11. The van der Waals surface area contributed by atoms with Gasteiger partial charge in [-0.3, -0.25) is 4.99 Å². The highest BCUT2D eigenvalue weighted by molar-refractivity contribution is 6.30. The number of fused-ring (bicyclic) bond motifs is 3. The first kappa shape index (κ1) is 13.6. The van der Waals surface area contributed by atoms with Crippen LogP contribution >= 0.6 is 11.6 Å². The number of aliphatic hydroxyl groups is 1. The Kier molecular flexibility index (Phi) is 2.93. The number of hydrogen-bond acceptors (Lipinski definition) is 4. The number of nitrogens with zero attached hydrogens (tertiary/aromatic N) is 2. The van der Waals surface area contributed by atoms with Gasteiger partial charge in [-0.05, 0) is 30.3 Å². The molecule has 1 unspecified atom stereocenters. The van der Waals surface area contributed by atoms with Crippen LogP contribution in [0.3, 0.4) is 0 Å². The fraction of sp³-hybridized carbons (Fsp3) is 0.235. The van der Waals surface area contributed by atoms with Crippen molar-refractivity contribution in [3.8, 4) is 5.75 Å². The van der Waals surface area contributed by atoms with Crippen LogP contribution in [0, 0.1) is 0 Å². The molecule has 0 amide bonds. The monoisotopic (exact) mass is 314 g/mol. The zero-order valence-corrected chi connectivity index (χ0v) is 12.8. The molecule has 2 aromatic carbocycles. The molecule has 0 fully saturated rings. The lowest BCUT2D eigenvalue weighted by Crippen LogP contribution is -2.43. The summed E-state index contributed by atoms with van der Waals surface area (Å²) in [5, 5.41) is 12.1. The van der Waals surface area contributed by atoms with E-state index >= 15 is 0 Å². The lowest BCUT2D eigenvalue weighted by Gasteiger charge is -2.34. The fourth-order valence-electron chi connectivity index (χ4n) is 3.27. The van der Waals surface area contributed by atoms with Crippen molar-refractivity contribution in [2.75, 3.05) is 20.2 Å². The van der Waals surface area contributed by atoms with E-state index in [1.54, 1.807) is 7.11 Å². The third-order valence-corrected chi connectivity index (χ3v) is 4.56. The third-order valence-electron chi connectivity index (χ3n) is 4.32. The number of hydrogen-bond donors (Lipinski definition) is 1. The summed E-state index contributed by atoms with van der Waals surface area (Å²) >= 11 is 6.15. The number of aliphatic imine (C=N–C) groups is 1. The topological polar surface area (TPSA) is 45.1 Å². The maximum absolute atomic E-state index is 11.5. The van der Waals surface area contributed by atoms with Gasteiger partial charge < -0.3 is 14.7 Å². The van der Waals surface area contributed by atoms with Crippen molar-refractivity contribution in [2.45, 2.75) is 5.72 Å². The molecular weight excluding hydrogens is 300 g/mol. The molecule has 2 heterocycles. The minimum Gasteiger partial charge on any atom is -0.497 e. The number of halogens is 1. The second-order valence-electron chi connectivity index (χ2n) is 5.45. The Morgan fingerprint density at radius 1 is 1.23 bits per heavy atom.